The van der Waals surface area contributed by atoms with Gasteiger partial charge in [-0.05, 0) is 6.92 Å². The van der Waals surface area contributed by atoms with Gasteiger partial charge in [-0.1, -0.05) is 0 Å². The number of hydrogen-bond acceptors (Lipinski definition) is 4. The summed E-state index contributed by atoms with van der Waals surface area (Å²) in [5.41, 5.74) is 3.67. The molecule has 0 heterocycles. The van der Waals surface area contributed by atoms with Gasteiger partial charge in [0, 0.05) is 6.92 Å². The molecule has 0 fully saturated rings. The molecule has 0 amide bonds. The molecule has 70 valence electrons. The summed E-state index contributed by atoms with van der Waals surface area (Å²) in [6.45, 7) is 3.46. The zero-order chi connectivity index (χ0) is 9.56. The van der Waals surface area contributed by atoms with Crippen LogP contribution in [-0.4, -0.2) is 31.2 Å². The first-order valence-electron chi connectivity index (χ1n) is 3.63. The average molecular weight is 176 g/mol. The van der Waals surface area contributed by atoms with Crippen molar-refractivity contribution in [3.05, 3.63) is 0 Å². The van der Waals surface area contributed by atoms with E-state index in [0.717, 1.165) is 0 Å². The largest absolute Gasteiger partial charge is 0.464 e. The third-order valence-corrected chi connectivity index (χ3v) is 1.28. The Morgan fingerprint density at radius 2 is 2.25 bits per heavy atom. The van der Waals surface area contributed by atoms with E-state index < -0.39 is 12.1 Å². The van der Waals surface area contributed by atoms with Crippen molar-refractivity contribution in [2.45, 2.75) is 26.0 Å². The second-order valence-electron chi connectivity index (χ2n) is 2.55. The fourth-order valence-electron chi connectivity index (χ4n) is 0.662. The molecule has 0 rings (SSSR count). The van der Waals surface area contributed by atoms with Crippen molar-refractivity contribution in [2.24, 2.45) is 0 Å². The summed E-state index contributed by atoms with van der Waals surface area (Å²) >= 11 is 0. The van der Waals surface area contributed by atoms with Crippen molar-refractivity contribution >= 4 is 12.4 Å². The van der Waals surface area contributed by atoms with E-state index in [0.29, 0.717) is 6.47 Å². The average Bonchev–Trinajstić information content (AvgIpc) is 1.96. The Balaban J connectivity index is 3.85. The van der Waals surface area contributed by atoms with Gasteiger partial charge < -0.3 is 15.2 Å². The molecule has 5 nitrogen and oxygen atoms in total. The van der Waals surface area contributed by atoms with Crippen LogP contribution in [0.15, 0.2) is 0 Å². The zero-order valence-electron chi connectivity index (χ0n) is 7.28. The van der Waals surface area contributed by atoms with Crippen molar-refractivity contribution in [1.82, 2.24) is 0 Å². The van der Waals surface area contributed by atoms with Gasteiger partial charge in [0.2, 0.25) is 0 Å². The second kappa shape index (κ2) is 5.54. The standard InChI is InChI=1S/C7H13NO4/c1-5(8)7(3-11-4-9)12-6(2)10/h4-5,7H,3,8H2,1-2H3/p+1. The van der Waals surface area contributed by atoms with Gasteiger partial charge in [-0.2, -0.15) is 0 Å². The molecular formula is C7H14NO4+. The predicted octanol–water partition coefficient (Wildman–Crippen LogP) is -1.28. The summed E-state index contributed by atoms with van der Waals surface area (Å²) in [5.74, 6) is -0.398. The first-order chi connectivity index (χ1) is 5.57. The molecule has 0 aliphatic rings. The van der Waals surface area contributed by atoms with Crippen LogP contribution in [0.4, 0.5) is 0 Å². The lowest BCUT2D eigenvalue weighted by atomic mass is 10.2. The highest BCUT2D eigenvalue weighted by atomic mass is 16.6. The third kappa shape index (κ3) is 4.68. The molecule has 0 aromatic rings. The minimum absolute atomic E-state index is 0.0632. The Morgan fingerprint density at radius 3 is 2.58 bits per heavy atom. The Labute approximate surface area is 70.8 Å². The molecule has 0 radical (unpaired) electrons. The van der Waals surface area contributed by atoms with Gasteiger partial charge >= 0.3 is 5.97 Å². The van der Waals surface area contributed by atoms with E-state index in [1.807, 2.05) is 0 Å². The maximum Gasteiger partial charge on any atom is 0.303 e. The van der Waals surface area contributed by atoms with Gasteiger partial charge in [0.25, 0.3) is 6.47 Å². The fourth-order valence-corrected chi connectivity index (χ4v) is 0.662. The molecule has 3 N–H and O–H groups in total. The second-order valence-corrected chi connectivity index (χ2v) is 2.55. The van der Waals surface area contributed by atoms with Crippen LogP contribution >= 0.6 is 0 Å². The summed E-state index contributed by atoms with van der Waals surface area (Å²) < 4.78 is 9.29. The number of carbonyl (C=O) groups excluding carboxylic acids is 2. The van der Waals surface area contributed by atoms with Crippen LogP contribution in [0.1, 0.15) is 13.8 Å². The summed E-state index contributed by atoms with van der Waals surface area (Å²) in [5, 5.41) is 0. The Kier molecular flexibility index (Phi) is 5.03. The topological polar surface area (TPSA) is 80.2 Å². The van der Waals surface area contributed by atoms with Gasteiger partial charge in [-0.25, -0.2) is 0 Å². The van der Waals surface area contributed by atoms with Crippen molar-refractivity contribution in [3.63, 3.8) is 0 Å². The lowest BCUT2D eigenvalue weighted by Gasteiger charge is -2.16. The lowest BCUT2D eigenvalue weighted by Crippen LogP contribution is -2.66. The molecule has 0 aromatic heterocycles. The molecule has 2 atom stereocenters. The number of esters is 1. The smallest absolute Gasteiger partial charge is 0.303 e. The normalized spacial score (nSPS) is 14.6. The Hall–Kier alpha value is -1.10. The van der Waals surface area contributed by atoms with Gasteiger partial charge in [0.05, 0.1) is 0 Å². The van der Waals surface area contributed by atoms with Crippen LogP contribution in [0.25, 0.3) is 0 Å². The predicted molar refractivity (Wildman–Crippen MR) is 39.9 cm³/mol. The minimum atomic E-state index is -0.451. The molecule has 0 bridgehead atoms. The van der Waals surface area contributed by atoms with Gasteiger partial charge in [0.15, 0.2) is 6.10 Å². The fraction of sp³-hybridized carbons (Fsp3) is 0.714. The quantitative estimate of drug-likeness (QED) is 0.418. The summed E-state index contributed by atoms with van der Waals surface area (Å²) in [4.78, 5) is 20.4. The van der Waals surface area contributed by atoms with Crippen molar-refractivity contribution in [2.75, 3.05) is 6.61 Å². The van der Waals surface area contributed by atoms with Crippen LogP contribution in [-0.2, 0) is 19.1 Å². The molecule has 0 aliphatic heterocycles. The highest BCUT2D eigenvalue weighted by molar-refractivity contribution is 5.66. The van der Waals surface area contributed by atoms with E-state index >= 15 is 0 Å². The summed E-state index contributed by atoms with van der Waals surface area (Å²) in [7, 11) is 0. The van der Waals surface area contributed by atoms with Gasteiger partial charge in [-0.3, -0.25) is 9.59 Å². The minimum Gasteiger partial charge on any atom is -0.464 e. The van der Waals surface area contributed by atoms with E-state index in [9.17, 15) is 9.59 Å². The summed E-state index contributed by atoms with van der Waals surface area (Å²) in [6.07, 6.45) is -0.451. The third-order valence-electron chi connectivity index (χ3n) is 1.28. The van der Waals surface area contributed by atoms with Gasteiger partial charge in [-0.15, -0.1) is 0 Å². The highest BCUT2D eigenvalue weighted by Crippen LogP contribution is 1.96. The van der Waals surface area contributed by atoms with E-state index in [4.69, 9.17) is 4.74 Å². The molecule has 0 saturated heterocycles. The van der Waals surface area contributed by atoms with Crippen LogP contribution in [0.5, 0.6) is 0 Å². The molecule has 0 aliphatic carbocycles. The number of quaternary nitrogens is 1. The zero-order valence-corrected chi connectivity index (χ0v) is 7.28. The highest BCUT2D eigenvalue weighted by Gasteiger charge is 2.20. The molecule has 0 saturated carbocycles. The lowest BCUT2D eigenvalue weighted by molar-refractivity contribution is -0.432. The van der Waals surface area contributed by atoms with E-state index in [2.05, 4.69) is 10.5 Å². The SMILES string of the molecule is CC(=O)OC(COC=O)C(C)[NH3+]. The van der Waals surface area contributed by atoms with Crippen LogP contribution in [0.2, 0.25) is 0 Å². The van der Waals surface area contributed by atoms with Crippen molar-refractivity contribution in [1.29, 1.82) is 0 Å². The van der Waals surface area contributed by atoms with Crippen LogP contribution in [0.3, 0.4) is 0 Å². The molecule has 2 unspecified atom stereocenters. The molecule has 12 heavy (non-hydrogen) atoms. The van der Waals surface area contributed by atoms with Crippen molar-refractivity contribution in [3.8, 4) is 0 Å². The van der Waals surface area contributed by atoms with E-state index in [-0.39, 0.29) is 12.6 Å². The van der Waals surface area contributed by atoms with Crippen molar-refractivity contribution < 1.29 is 24.8 Å². The number of ether oxygens (including phenoxy) is 2. The first-order valence-corrected chi connectivity index (χ1v) is 3.63. The van der Waals surface area contributed by atoms with Gasteiger partial charge in [0.1, 0.15) is 12.6 Å². The van der Waals surface area contributed by atoms with Crippen LogP contribution in [0, 0.1) is 0 Å². The number of rotatable bonds is 5. The monoisotopic (exact) mass is 176 g/mol. The van der Waals surface area contributed by atoms with E-state index in [1.54, 1.807) is 6.92 Å². The first kappa shape index (κ1) is 10.9. The molecule has 5 heteroatoms. The molecule has 0 spiro atoms. The van der Waals surface area contributed by atoms with Crippen LogP contribution < -0.4 is 5.73 Å². The molecular weight excluding hydrogens is 162 g/mol. The van der Waals surface area contributed by atoms with E-state index in [1.165, 1.54) is 6.92 Å². The number of carbonyl (C=O) groups is 2. The molecule has 0 aromatic carbocycles. The maximum absolute atomic E-state index is 10.5. The maximum atomic E-state index is 10.5. The Morgan fingerprint density at radius 1 is 1.67 bits per heavy atom. The number of hydrogen-bond donors (Lipinski definition) is 1. The Bertz CT molecular complexity index is 157. The summed E-state index contributed by atoms with van der Waals surface area (Å²) in [6, 6.07) is -0.103.